The largest absolute Gasteiger partial charge is 0.490 e. The van der Waals surface area contributed by atoms with Crippen LogP contribution in [-0.2, 0) is 5.41 Å². The van der Waals surface area contributed by atoms with Crippen LogP contribution >= 0.6 is 0 Å². The molecule has 0 radical (unpaired) electrons. The summed E-state index contributed by atoms with van der Waals surface area (Å²) < 4.78 is 5.75. The van der Waals surface area contributed by atoms with Gasteiger partial charge in [0.1, 0.15) is 18.5 Å². The molecule has 0 saturated carbocycles. The van der Waals surface area contributed by atoms with E-state index in [1.54, 1.807) is 36.4 Å². The van der Waals surface area contributed by atoms with Crippen molar-refractivity contribution in [1.82, 2.24) is 4.98 Å². The number of aromatic amines is 1. The Bertz CT molecular complexity index is 1140. The maximum Gasteiger partial charge on any atom is 0.195 e. The van der Waals surface area contributed by atoms with Crippen LogP contribution in [0.4, 0.5) is 0 Å². The fraction of sp³-hybridized carbons (Fsp3) is 0.273. The van der Waals surface area contributed by atoms with E-state index in [1.165, 1.54) is 0 Å². The van der Waals surface area contributed by atoms with E-state index in [4.69, 9.17) is 9.84 Å². The number of aromatic nitrogens is 1. The molecule has 1 heterocycles. The van der Waals surface area contributed by atoms with Crippen molar-refractivity contribution in [3.05, 3.63) is 64.3 Å². The molecule has 1 aliphatic rings. The van der Waals surface area contributed by atoms with Crippen LogP contribution in [0.2, 0.25) is 0 Å². The number of carbonyl (C=O) groups excluding carboxylic acids is 1. The predicted molar refractivity (Wildman–Crippen MR) is 104 cm³/mol. The van der Waals surface area contributed by atoms with Gasteiger partial charge in [-0.05, 0) is 18.2 Å². The summed E-state index contributed by atoms with van der Waals surface area (Å²) in [5.41, 5.74) is 3.39. The number of carbonyl (C=O) groups is 1. The van der Waals surface area contributed by atoms with Crippen molar-refractivity contribution >= 4 is 16.7 Å². The molecule has 0 bridgehead atoms. The molecule has 1 aromatic heterocycles. The van der Waals surface area contributed by atoms with Crippen LogP contribution in [0, 0.1) is 11.3 Å². The minimum Gasteiger partial charge on any atom is -0.490 e. The Balaban J connectivity index is 1.91. The summed E-state index contributed by atoms with van der Waals surface area (Å²) in [4.78, 5) is 16.7. The van der Waals surface area contributed by atoms with E-state index < -0.39 is 18.1 Å². The molecule has 6 heteroatoms. The molecule has 6 nitrogen and oxygen atoms in total. The molecule has 142 valence electrons. The number of nitrogens with one attached hydrogen (secondary N) is 1. The van der Waals surface area contributed by atoms with Crippen molar-refractivity contribution in [2.75, 3.05) is 13.2 Å². The molecule has 0 saturated heterocycles. The number of H-pyrrole nitrogens is 1. The van der Waals surface area contributed by atoms with Crippen LogP contribution in [0.25, 0.3) is 10.9 Å². The molecule has 4 rings (SSSR count). The second kappa shape index (κ2) is 6.48. The van der Waals surface area contributed by atoms with Crippen LogP contribution in [0.5, 0.6) is 5.75 Å². The van der Waals surface area contributed by atoms with E-state index in [-0.39, 0.29) is 12.4 Å². The van der Waals surface area contributed by atoms with E-state index in [9.17, 15) is 15.2 Å². The number of nitrogens with zero attached hydrogens (tertiary/aromatic N) is 1. The van der Waals surface area contributed by atoms with Gasteiger partial charge in [-0.2, -0.15) is 5.26 Å². The maximum atomic E-state index is 13.3. The van der Waals surface area contributed by atoms with Crippen molar-refractivity contribution < 1.29 is 19.7 Å². The lowest BCUT2D eigenvalue weighted by molar-refractivity contribution is 0.0530. The first-order valence-electron chi connectivity index (χ1n) is 9.04. The third kappa shape index (κ3) is 2.60. The Morgan fingerprint density at radius 1 is 1.29 bits per heavy atom. The Morgan fingerprint density at radius 2 is 2.07 bits per heavy atom. The van der Waals surface area contributed by atoms with Gasteiger partial charge in [-0.3, -0.25) is 4.79 Å². The summed E-state index contributed by atoms with van der Waals surface area (Å²) in [5.74, 6) is 0.402. The van der Waals surface area contributed by atoms with E-state index in [0.717, 1.165) is 22.2 Å². The minimum absolute atomic E-state index is 0.0672. The van der Waals surface area contributed by atoms with Gasteiger partial charge in [-0.25, -0.2) is 0 Å². The normalized spacial score (nSPS) is 15.6. The smallest absolute Gasteiger partial charge is 0.195 e. The number of ketones is 1. The number of hydrogen-bond acceptors (Lipinski definition) is 5. The maximum absolute atomic E-state index is 13.3. The standard InChI is InChI=1S/C22H20N2O4/c1-22(2)19-15(4-3-5-17(19)28-11-13(26)10-25)20(27)18-14-7-6-12(9-23)8-16(14)24-21(18)22/h3-8,13,24-26H,10-11H2,1-2H3. The van der Waals surface area contributed by atoms with Crippen molar-refractivity contribution in [2.24, 2.45) is 0 Å². The first kappa shape index (κ1) is 18.2. The zero-order chi connectivity index (χ0) is 20.1. The number of rotatable bonds is 4. The number of benzene rings is 2. The van der Waals surface area contributed by atoms with Gasteiger partial charge in [0, 0.05) is 33.1 Å². The van der Waals surface area contributed by atoms with Gasteiger partial charge in [-0.15, -0.1) is 0 Å². The highest BCUT2D eigenvalue weighted by Crippen LogP contribution is 2.47. The van der Waals surface area contributed by atoms with Crippen LogP contribution in [0.15, 0.2) is 36.4 Å². The number of fused-ring (bicyclic) bond motifs is 4. The Kier molecular flexibility index (Phi) is 4.22. The first-order valence-corrected chi connectivity index (χ1v) is 9.04. The van der Waals surface area contributed by atoms with E-state index in [1.807, 2.05) is 13.8 Å². The highest BCUT2D eigenvalue weighted by molar-refractivity contribution is 6.20. The molecule has 3 N–H and O–H groups in total. The van der Waals surface area contributed by atoms with E-state index >= 15 is 0 Å². The highest BCUT2D eigenvalue weighted by atomic mass is 16.5. The number of aliphatic hydroxyl groups excluding tert-OH is 2. The van der Waals surface area contributed by atoms with Gasteiger partial charge in [-0.1, -0.05) is 32.0 Å². The first-order chi connectivity index (χ1) is 13.4. The lowest BCUT2D eigenvalue weighted by Gasteiger charge is -2.33. The average Bonchev–Trinajstić information content (AvgIpc) is 3.10. The van der Waals surface area contributed by atoms with Gasteiger partial charge in [0.2, 0.25) is 0 Å². The fourth-order valence-electron chi connectivity index (χ4n) is 3.96. The number of nitriles is 1. The Labute approximate surface area is 162 Å². The van der Waals surface area contributed by atoms with E-state index in [2.05, 4.69) is 11.1 Å². The molecule has 1 aliphatic carbocycles. The lowest BCUT2D eigenvalue weighted by Crippen LogP contribution is -2.31. The molecule has 2 aromatic carbocycles. The minimum atomic E-state index is -0.994. The second-order valence-electron chi connectivity index (χ2n) is 7.53. The molecule has 1 unspecified atom stereocenters. The Hall–Kier alpha value is -3.14. The van der Waals surface area contributed by atoms with Gasteiger partial charge in [0.15, 0.2) is 5.78 Å². The molecule has 0 fully saturated rings. The molecule has 1 atom stereocenters. The van der Waals surface area contributed by atoms with Crippen LogP contribution < -0.4 is 4.74 Å². The number of aliphatic hydroxyl groups is 2. The SMILES string of the molecule is CC1(C)c2[nH]c3cc(C#N)ccc3c2C(=O)c2cccc(OCC(O)CO)c21. The van der Waals surface area contributed by atoms with Gasteiger partial charge in [0.05, 0.1) is 23.8 Å². The molecular formula is C22H20N2O4. The predicted octanol–water partition coefficient (Wildman–Crippen LogP) is 2.64. The third-order valence-corrected chi connectivity index (χ3v) is 5.32. The topological polar surface area (TPSA) is 106 Å². The van der Waals surface area contributed by atoms with Crippen molar-refractivity contribution in [1.29, 1.82) is 5.26 Å². The van der Waals surface area contributed by atoms with Gasteiger partial charge >= 0.3 is 0 Å². The molecule has 28 heavy (non-hydrogen) atoms. The highest BCUT2D eigenvalue weighted by Gasteiger charge is 2.41. The molecule has 0 spiro atoms. The summed E-state index contributed by atoms with van der Waals surface area (Å²) in [6.07, 6.45) is -0.994. The van der Waals surface area contributed by atoms with Crippen LogP contribution in [0.3, 0.4) is 0 Å². The second-order valence-corrected chi connectivity index (χ2v) is 7.53. The van der Waals surface area contributed by atoms with Crippen LogP contribution in [-0.4, -0.2) is 40.3 Å². The third-order valence-electron chi connectivity index (χ3n) is 5.32. The van der Waals surface area contributed by atoms with Crippen molar-refractivity contribution in [3.63, 3.8) is 0 Å². The molecule has 0 amide bonds. The number of hydrogen-bond donors (Lipinski definition) is 3. The fourth-order valence-corrected chi connectivity index (χ4v) is 3.96. The zero-order valence-corrected chi connectivity index (χ0v) is 15.6. The quantitative estimate of drug-likeness (QED) is 0.649. The summed E-state index contributed by atoms with van der Waals surface area (Å²) in [6, 6.07) is 12.7. The van der Waals surface area contributed by atoms with Gasteiger partial charge < -0.3 is 19.9 Å². The summed E-state index contributed by atoms with van der Waals surface area (Å²) >= 11 is 0. The van der Waals surface area contributed by atoms with E-state index in [0.29, 0.717) is 22.4 Å². The zero-order valence-electron chi connectivity index (χ0n) is 15.6. The molecule has 3 aromatic rings. The lowest BCUT2D eigenvalue weighted by atomic mass is 9.71. The van der Waals surface area contributed by atoms with Gasteiger partial charge in [0.25, 0.3) is 0 Å². The van der Waals surface area contributed by atoms with Crippen LogP contribution in [0.1, 0.15) is 46.6 Å². The Morgan fingerprint density at radius 3 is 2.79 bits per heavy atom. The number of ether oxygens (including phenoxy) is 1. The molecular weight excluding hydrogens is 356 g/mol. The van der Waals surface area contributed by atoms with Crippen molar-refractivity contribution in [3.8, 4) is 11.8 Å². The molecule has 0 aliphatic heterocycles. The summed E-state index contributed by atoms with van der Waals surface area (Å²) in [6.45, 7) is 3.55. The summed E-state index contributed by atoms with van der Waals surface area (Å²) in [7, 11) is 0. The van der Waals surface area contributed by atoms with Crippen molar-refractivity contribution in [2.45, 2.75) is 25.4 Å². The monoisotopic (exact) mass is 376 g/mol. The summed E-state index contributed by atoms with van der Waals surface area (Å²) in [5, 5.41) is 28.6. The average molecular weight is 376 g/mol.